The molecule has 24 heavy (non-hydrogen) atoms. The zero-order valence-electron chi connectivity index (χ0n) is 15.4. The highest BCUT2D eigenvalue weighted by molar-refractivity contribution is 7.81. The summed E-state index contributed by atoms with van der Waals surface area (Å²) in [6.45, 7) is 2.39. The summed E-state index contributed by atoms with van der Waals surface area (Å²) >= 11 is 0. The van der Waals surface area contributed by atoms with E-state index in [1.54, 1.807) is 0 Å². The van der Waals surface area contributed by atoms with Crippen LogP contribution in [0.1, 0.15) is 96.8 Å². The van der Waals surface area contributed by atoms with Crippen molar-refractivity contribution in [3.63, 3.8) is 0 Å². The molecule has 0 rings (SSSR count). The lowest BCUT2D eigenvalue weighted by Crippen LogP contribution is -2.14. The highest BCUT2D eigenvalue weighted by Crippen LogP contribution is 2.10. The minimum Gasteiger partial charge on any atom is -0.247 e. The summed E-state index contributed by atoms with van der Waals surface area (Å²) in [6, 6.07) is 0. The minimum absolute atomic E-state index is 0.140. The molecule has 0 aromatic rings. The normalized spacial score (nSPS) is 12.2. The monoisotopic (exact) mass is 363 g/mol. The highest BCUT2D eigenvalue weighted by atomic mass is 32.3. The van der Waals surface area contributed by atoms with Crippen molar-refractivity contribution in [2.24, 2.45) is 5.90 Å². The van der Waals surface area contributed by atoms with E-state index in [2.05, 4.69) is 33.4 Å². The van der Waals surface area contributed by atoms with E-state index < -0.39 is 10.4 Å². The van der Waals surface area contributed by atoms with Gasteiger partial charge in [0.25, 0.3) is 0 Å². The standard InChI is InChI=1S/C18H37NO4S/c1-2-3-4-5-6-7-8-9-10-11-12-13-14-15-16-17-18-22-24(20,21)23-19/h9-10H,2-8,11-19H2,1H3/b10-9-. The summed E-state index contributed by atoms with van der Waals surface area (Å²) in [6.07, 6.45) is 21.6. The summed E-state index contributed by atoms with van der Waals surface area (Å²) in [7, 11) is -3.97. The molecular formula is C18H37NO4S. The van der Waals surface area contributed by atoms with Gasteiger partial charge in [0.2, 0.25) is 0 Å². The summed E-state index contributed by atoms with van der Waals surface area (Å²) < 4.78 is 29.8. The van der Waals surface area contributed by atoms with E-state index in [0.717, 1.165) is 12.8 Å². The van der Waals surface area contributed by atoms with Gasteiger partial charge in [-0.05, 0) is 32.1 Å². The van der Waals surface area contributed by atoms with Gasteiger partial charge >= 0.3 is 10.4 Å². The zero-order valence-corrected chi connectivity index (χ0v) is 16.2. The molecule has 0 aliphatic rings. The Kier molecular flexibility index (Phi) is 17.1. The fourth-order valence-electron chi connectivity index (χ4n) is 2.54. The number of nitrogens with two attached hydrogens (primary N) is 1. The maximum Gasteiger partial charge on any atom is 0.415 e. The summed E-state index contributed by atoms with van der Waals surface area (Å²) in [5, 5.41) is 0. The Hall–Kier alpha value is -0.430. The van der Waals surface area contributed by atoms with E-state index in [0.29, 0.717) is 6.42 Å². The van der Waals surface area contributed by atoms with Crippen LogP contribution >= 0.6 is 0 Å². The molecular weight excluding hydrogens is 326 g/mol. The Morgan fingerprint density at radius 2 is 1.21 bits per heavy atom. The summed E-state index contributed by atoms with van der Waals surface area (Å²) in [5.74, 6) is 4.56. The highest BCUT2D eigenvalue weighted by Gasteiger charge is 2.08. The Labute approximate surface area is 149 Å². The van der Waals surface area contributed by atoms with Crippen molar-refractivity contribution in [3.05, 3.63) is 12.2 Å². The quantitative estimate of drug-likeness (QED) is 0.206. The van der Waals surface area contributed by atoms with Gasteiger partial charge in [-0.1, -0.05) is 76.9 Å². The van der Waals surface area contributed by atoms with E-state index in [1.165, 1.54) is 70.6 Å². The van der Waals surface area contributed by atoms with Crippen molar-refractivity contribution >= 4 is 10.4 Å². The fourth-order valence-corrected chi connectivity index (χ4v) is 2.92. The maximum absolute atomic E-state index is 10.8. The molecule has 144 valence electrons. The Balaban J connectivity index is 3.18. The van der Waals surface area contributed by atoms with E-state index in [9.17, 15) is 8.42 Å². The number of allylic oxidation sites excluding steroid dienone is 2. The van der Waals surface area contributed by atoms with Crippen LogP contribution in [0.3, 0.4) is 0 Å². The predicted molar refractivity (Wildman–Crippen MR) is 99.6 cm³/mol. The second-order valence-corrected chi connectivity index (χ2v) is 7.51. The van der Waals surface area contributed by atoms with Crippen molar-refractivity contribution in [1.29, 1.82) is 0 Å². The van der Waals surface area contributed by atoms with E-state index >= 15 is 0 Å². The molecule has 0 spiro atoms. The predicted octanol–water partition coefficient (Wildman–Crippen LogP) is 5.18. The Bertz CT molecular complexity index is 382. The number of rotatable bonds is 18. The average Bonchev–Trinajstić information content (AvgIpc) is 2.57. The number of unbranched alkanes of at least 4 members (excludes halogenated alkanes) is 12. The number of hydrogen-bond acceptors (Lipinski definition) is 5. The first kappa shape index (κ1) is 23.6. The molecule has 6 heteroatoms. The first-order valence-corrected chi connectivity index (χ1v) is 10.9. The van der Waals surface area contributed by atoms with Crippen LogP contribution < -0.4 is 5.90 Å². The molecule has 0 fully saturated rings. The maximum atomic E-state index is 10.8. The van der Waals surface area contributed by atoms with Crippen LogP contribution in [0.4, 0.5) is 0 Å². The fraction of sp³-hybridized carbons (Fsp3) is 0.889. The van der Waals surface area contributed by atoms with E-state index in [-0.39, 0.29) is 6.61 Å². The molecule has 0 saturated heterocycles. The second-order valence-electron chi connectivity index (χ2n) is 6.26. The van der Waals surface area contributed by atoms with Gasteiger partial charge in [-0.2, -0.15) is 18.6 Å². The van der Waals surface area contributed by atoms with Gasteiger partial charge in [-0.25, -0.2) is 4.18 Å². The third kappa shape index (κ3) is 17.9. The van der Waals surface area contributed by atoms with Gasteiger partial charge in [0.05, 0.1) is 6.61 Å². The molecule has 0 atom stereocenters. The Morgan fingerprint density at radius 1 is 0.750 bits per heavy atom. The van der Waals surface area contributed by atoms with Crippen LogP contribution in [0, 0.1) is 0 Å². The van der Waals surface area contributed by atoms with Crippen molar-refractivity contribution in [1.82, 2.24) is 0 Å². The topological polar surface area (TPSA) is 78.6 Å². The van der Waals surface area contributed by atoms with Gasteiger partial charge in [0, 0.05) is 0 Å². The molecule has 0 aromatic heterocycles. The lowest BCUT2D eigenvalue weighted by atomic mass is 10.1. The second kappa shape index (κ2) is 17.4. The van der Waals surface area contributed by atoms with Gasteiger partial charge < -0.3 is 0 Å². The molecule has 0 aromatic carbocycles. The van der Waals surface area contributed by atoms with E-state index in [1.807, 2.05) is 0 Å². The molecule has 0 aliphatic heterocycles. The molecule has 0 aliphatic carbocycles. The van der Waals surface area contributed by atoms with Crippen LogP contribution in [0.5, 0.6) is 0 Å². The van der Waals surface area contributed by atoms with Crippen molar-refractivity contribution in [3.8, 4) is 0 Å². The third-order valence-corrected chi connectivity index (χ3v) is 4.69. The van der Waals surface area contributed by atoms with Gasteiger partial charge in [0.1, 0.15) is 0 Å². The van der Waals surface area contributed by atoms with Crippen molar-refractivity contribution < 1.29 is 16.9 Å². The van der Waals surface area contributed by atoms with Gasteiger partial charge in [-0.3, -0.25) is 0 Å². The van der Waals surface area contributed by atoms with Crippen LogP contribution in [-0.4, -0.2) is 15.0 Å². The molecule has 5 nitrogen and oxygen atoms in total. The van der Waals surface area contributed by atoms with Crippen molar-refractivity contribution in [2.45, 2.75) is 96.8 Å². The zero-order chi connectivity index (χ0) is 17.9. The lowest BCUT2D eigenvalue weighted by Gasteiger charge is -2.02. The number of hydrogen-bond donors (Lipinski definition) is 1. The molecule has 2 N–H and O–H groups in total. The van der Waals surface area contributed by atoms with Gasteiger partial charge in [-0.15, -0.1) is 0 Å². The summed E-state index contributed by atoms with van der Waals surface area (Å²) in [4.78, 5) is 0. The van der Waals surface area contributed by atoms with Crippen LogP contribution in [-0.2, 0) is 18.9 Å². The molecule has 0 amide bonds. The Morgan fingerprint density at radius 3 is 1.71 bits per heavy atom. The van der Waals surface area contributed by atoms with Crippen molar-refractivity contribution in [2.75, 3.05) is 6.61 Å². The molecule has 0 saturated carbocycles. The molecule has 0 heterocycles. The van der Waals surface area contributed by atoms with Crippen LogP contribution in [0.2, 0.25) is 0 Å². The minimum atomic E-state index is -3.97. The lowest BCUT2D eigenvalue weighted by molar-refractivity contribution is 0.214. The molecule has 0 unspecified atom stereocenters. The smallest absolute Gasteiger partial charge is 0.247 e. The molecule has 0 bridgehead atoms. The summed E-state index contributed by atoms with van der Waals surface area (Å²) in [5.41, 5.74) is 0. The van der Waals surface area contributed by atoms with Crippen LogP contribution in [0.15, 0.2) is 12.2 Å². The van der Waals surface area contributed by atoms with Gasteiger partial charge in [0.15, 0.2) is 0 Å². The largest absolute Gasteiger partial charge is 0.415 e. The average molecular weight is 364 g/mol. The first-order chi connectivity index (χ1) is 11.6. The third-order valence-electron chi connectivity index (χ3n) is 4.00. The molecule has 0 radical (unpaired) electrons. The first-order valence-electron chi connectivity index (χ1n) is 9.55. The van der Waals surface area contributed by atoms with E-state index in [4.69, 9.17) is 0 Å². The van der Waals surface area contributed by atoms with Crippen LogP contribution in [0.25, 0.3) is 0 Å². The SMILES string of the molecule is CCCCCCCC/C=C\CCCCCCCCOS(=O)(=O)ON.